The SMILES string of the molecule is CC1CCCC(NC2CCNCC2(C)C)C1C. The first-order valence-corrected chi connectivity index (χ1v) is 7.47. The summed E-state index contributed by atoms with van der Waals surface area (Å²) in [5, 5.41) is 7.51. The highest BCUT2D eigenvalue weighted by Gasteiger charge is 2.36. The van der Waals surface area contributed by atoms with Crippen molar-refractivity contribution in [1.82, 2.24) is 10.6 Å². The van der Waals surface area contributed by atoms with Gasteiger partial charge in [-0.3, -0.25) is 0 Å². The zero-order chi connectivity index (χ0) is 12.5. The van der Waals surface area contributed by atoms with Gasteiger partial charge in [0.25, 0.3) is 0 Å². The van der Waals surface area contributed by atoms with Crippen molar-refractivity contribution >= 4 is 0 Å². The quantitative estimate of drug-likeness (QED) is 0.773. The van der Waals surface area contributed by atoms with Crippen LogP contribution in [0.5, 0.6) is 0 Å². The van der Waals surface area contributed by atoms with Crippen LogP contribution in [0.1, 0.15) is 53.4 Å². The van der Waals surface area contributed by atoms with E-state index in [4.69, 9.17) is 0 Å². The minimum absolute atomic E-state index is 0.401. The molecule has 2 fully saturated rings. The Bertz CT molecular complexity index is 249. The van der Waals surface area contributed by atoms with Crippen LogP contribution in [0, 0.1) is 17.3 Å². The maximum Gasteiger partial charge on any atom is 0.0145 e. The summed E-state index contributed by atoms with van der Waals surface area (Å²) in [7, 11) is 0. The van der Waals surface area contributed by atoms with E-state index in [1.807, 2.05) is 0 Å². The Kier molecular flexibility index (Phi) is 4.14. The molecule has 0 amide bonds. The lowest BCUT2D eigenvalue weighted by Crippen LogP contribution is -2.57. The third-order valence-corrected chi connectivity index (χ3v) is 5.26. The highest BCUT2D eigenvalue weighted by atomic mass is 15.0. The molecule has 1 heterocycles. The van der Waals surface area contributed by atoms with Gasteiger partial charge < -0.3 is 10.6 Å². The molecule has 0 aromatic rings. The zero-order valence-corrected chi connectivity index (χ0v) is 12.1. The van der Waals surface area contributed by atoms with Gasteiger partial charge in [-0.05, 0) is 36.6 Å². The van der Waals surface area contributed by atoms with E-state index < -0.39 is 0 Å². The summed E-state index contributed by atoms with van der Waals surface area (Å²) in [4.78, 5) is 0. The molecule has 0 bridgehead atoms. The van der Waals surface area contributed by atoms with Crippen LogP contribution in [0.25, 0.3) is 0 Å². The van der Waals surface area contributed by atoms with Gasteiger partial charge in [-0.15, -0.1) is 0 Å². The molecule has 2 rings (SSSR count). The molecule has 100 valence electrons. The lowest BCUT2D eigenvalue weighted by molar-refractivity contribution is 0.125. The Morgan fingerprint density at radius 2 is 1.88 bits per heavy atom. The highest BCUT2D eigenvalue weighted by Crippen LogP contribution is 2.32. The minimum atomic E-state index is 0.401. The number of nitrogens with one attached hydrogen (secondary N) is 2. The molecule has 17 heavy (non-hydrogen) atoms. The van der Waals surface area contributed by atoms with Crippen LogP contribution in [0.15, 0.2) is 0 Å². The van der Waals surface area contributed by atoms with Gasteiger partial charge in [-0.1, -0.05) is 40.5 Å². The molecular formula is C15H30N2. The van der Waals surface area contributed by atoms with Gasteiger partial charge in [0.2, 0.25) is 0 Å². The molecule has 0 aromatic heterocycles. The first-order chi connectivity index (χ1) is 8.00. The van der Waals surface area contributed by atoms with Crippen LogP contribution < -0.4 is 10.6 Å². The van der Waals surface area contributed by atoms with Gasteiger partial charge in [0, 0.05) is 18.6 Å². The van der Waals surface area contributed by atoms with Gasteiger partial charge >= 0.3 is 0 Å². The fourth-order valence-electron chi connectivity index (χ4n) is 3.56. The largest absolute Gasteiger partial charge is 0.316 e. The van der Waals surface area contributed by atoms with Gasteiger partial charge in [0.1, 0.15) is 0 Å². The standard InChI is InChI=1S/C15H30N2/c1-11-6-5-7-13(12(11)2)17-14-8-9-16-10-15(14,3)4/h11-14,16-17H,5-10H2,1-4H3. The van der Waals surface area contributed by atoms with E-state index in [1.165, 1.54) is 32.2 Å². The Labute approximate surface area is 107 Å². The molecule has 2 nitrogen and oxygen atoms in total. The summed E-state index contributed by atoms with van der Waals surface area (Å²) in [6.45, 7) is 12.0. The number of hydrogen-bond donors (Lipinski definition) is 2. The molecule has 0 spiro atoms. The van der Waals surface area contributed by atoms with E-state index in [0.717, 1.165) is 24.4 Å². The maximum absolute atomic E-state index is 3.99. The molecule has 1 aliphatic carbocycles. The minimum Gasteiger partial charge on any atom is -0.316 e. The molecule has 2 heteroatoms. The molecule has 0 radical (unpaired) electrons. The average Bonchev–Trinajstić information content (AvgIpc) is 2.27. The predicted octanol–water partition coefficient (Wildman–Crippen LogP) is 2.79. The van der Waals surface area contributed by atoms with Crippen LogP contribution in [0.4, 0.5) is 0 Å². The average molecular weight is 238 g/mol. The number of hydrogen-bond acceptors (Lipinski definition) is 2. The van der Waals surface area contributed by atoms with E-state index >= 15 is 0 Å². The smallest absolute Gasteiger partial charge is 0.0145 e. The summed E-state index contributed by atoms with van der Waals surface area (Å²) in [5.41, 5.74) is 0.401. The molecule has 1 saturated carbocycles. The molecular weight excluding hydrogens is 208 g/mol. The summed E-state index contributed by atoms with van der Waals surface area (Å²) in [6.07, 6.45) is 5.50. The van der Waals surface area contributed by atoms with Crippen LogP contribution in [-0.4, -0.2) is 25.2 Å². The summed E-state index contributed by atoms with van der Waals surface area (Å²) in [6, 6.07) is 1.45. The summed E-state index contributed by atoms with van der Waals surface area (Å²) in [5.74, 6) is 1.74. The van der Waals surface area contributed by atoms with Crippen molar-refractivity contribution in [2.75, 3.05) is 13.1 Å². The molecule has 4 atom stereocenters. The van der Waals surface area contributed by atoms with Crippen molar-refractivity contribution in [2.24, 2.45) is 17.3 Å². The van der Waals surface area contributed by atoms with E-state index in [0.29, 0.717) is 11.5 Å². The van der Waals surface area contributed by atoms with Crippen LogP contribution in [0.3, 0.4) is 0 Å². The number of piperidine rings is 1. The Balaban J connectivity index is 1.95. The van der Waals surface area contributed by atoms with Crippen LogP contribution >= 0.6 is 0 Å². The van der Waals surface area contributed by atoms with Crippen LogP contribution in [-0.2, 0) is 0 Å². The fourth-order valence-corrected chi connectivity index (χ4v) is 3.56. The summed E-state index contributed by atoms with van der Waals surface area (Å²) < 4.78 is 0. The van der Waals surface area contributed by atoms with Gasteiger partial charge in [0.15, 0.2) is 0 Å². The fraction of sp³-hybridized carbons (Fsp3) is 1.00. The monoisotopic (exact) mass is 238 g/mol. The van der Waals surface area contributed by atoms with Crippen molar-refractivity contribution in [3.05, 3.63) is 0 Å². The van der Waals surface area contributed by atoms with Gasteiger partial charge in [-0.2, -0.15) is 0 Å². The highest BCUT2D eigenvalue weighted by molar-refractivity contribution is 4.94. The molecule has 2 aliphatic rings. The predicted molar refractivity (Wildman–Crippen MR) is 74.2 cm³/mol. The van der Waals surface area contributed by atoms with Crippen molar-refractivity contribution < 1.29 is 0 Å². The maximum atomic E-state index is 3.99. The topological polar surface area (TPSA) is 24.1 Å². The molecule has 0 aromatic carbocycles. The van der Waals surface area contributed by atoms with E-state index in [9.17, 15) is 0 Å². The van der Waals surface area contributed by atoms with E-state index in [2.05, 4.69) is 38.3 Å². The van der Waals surface area contributed by atoms with Gasteiger partial charge in [0.05, 0.1) is 0 Å². The summed E-state index contributed by atoms with van der Waals surface area (Å²) >= 11 is 0. The van der Waals surface area contributed by atoms with Crippen molar-refractivity contribution in [3.8, 4) is 0 Å². The Morgan fingerprint density at radius 1 is 1.12 bits per heavy atom. The van der Waals surface area contributed by atoms with Gasteiger partial charge in [-0.25, -0.2) is 0 Å². The lowest BCUT2D eigenvalue weighted by atomic mass is 9.75. The first kappa shape index (κ1) is 13.4. The number of rotatable bonds is 2. The van der Waals surface area contributed by atoms with Crippen LogP contribution in [0.2, 0.25) is 0 Å². The molecule has 1 aliphatic heterocycles. The normalized spacial score (nSPS) is 42.4. The zero-order valence-electron chi connectivity index (χ0n) is 12.1. The first-order valence-electron chi connectivity index (χ1n) is 7.47. The second kappa shape index (κ2) is 5.27. The molecule has 1 saturated heterocycles. The van der Waals surface area contributed by atoms with Crippen molar-refractivity contribution in [2.45, 2.75) is 65.5 Å². The second-order valence-corrected chi connectivity index (χ2v) is 7.05. The lowest BCUT2D eigenvalue weighted by Gasteiger charge is -2.44. The second-order valence-electron chi connectivity index (χ2n) is 7.05. The third-order valence-electron chi connectivity index (χ3n) is 5.26. The molecule has 4 unspecified atom stereocenters. The van der Waals surface area contributed by atoms with E-state index in [-0.39, 0.29) is 0 Å². The van der Waals surface area contributed by atoms with E-state index in [1.54, 1.807) is 0 Å². The van der Waals surface area contributed by atoms with Crippen molar-refractivity contribution in [1.29, 1.82) is 0 Å². The molecule has 2 N–H and O–H groups in total. The Morgan fingerprint density at radius 3 is 2.59 bits per heavy atom. The van der Waals surface area contributed by atoms with Crippen molar-refractivity contribution in [3.63, 3.8) is 0 Å². The Hall–Kier alpha value is -0.0800. The third kappa shape index (κ3) is 3.03.